The van der Waals surface area contributed by atoms with Crippen LogP contribution in [0, 0.1) is 0 Å². The molecule has 1 heterocycles. The van der Waals surface area contributed by atoms with Crippen LogP contribution in [0.1, 0.15) is 46.0 Å². The highest BCUT2D eigenvalue weighted by Crippen LogP contribution is 2.24. The zero-order valence-electron chi connectivity index (χ0n) is 12.8. The minimum absolute atomic E-state index is 0.100. The van der Waals surface area contributed by atoms with Gasteiger partial charge in [-0.3, -0.25) is 4.79 Å². The predicted octanol–water partition coefficient (Wildman–Crippen LogP) is 1.42. The molecule has 1 aliphatic carbocycles. The molecular weight excluding hydrogens is 274 g/mol. The van der Waals surface area contributed by atoms with Crippen LogP contribution in [-0.2, 0) is 19.1 Å². The number of hydrogen-bond donors (Lipinski definition) is 1. The highest BCUT2D eigenvalue weighted by molar-refractivity contribution is 5.82. The Labute approximate surface area is 125 Å². The maximum atomic E-state index is 12.6. The van der Waals surface area contributed by atoms with Gasteiger partial charge in [-0.1, -0.05) is 19.8 Å². The van der Waals surface area contributed by atoms with Crippen molar-refractivity contribution in [2.24, 2.45) is 0 Å². The van der Waals surface area contributed by atoms with Crippen LogP contribution in [0.15, 0.2) is 0 Å². The number of amides is 1. The Hall–Kier alpha value is -1.14. The Bertz CT molecular complexity index is 380. The average Bonchev–Trinajstić information content (AvgIpc) is 2.96. The Balaban J connectivity index is 1.96. The SMILES string of the molecule is CCC(OC1CCCC1)C(=O)N1CC(C(=O)O)O[C@H](C)C1. The number of carboxylic acid groups (broad SMARTS) is 1. The van der Waals surface area contributed by atoms with Crippen LogP contribution >= 0.6 is 0 Å². The Kier molecular flexibility index (Phi) is 5.58. The van der Waals surface area contributed by atoms with Crippen LogP contribution in [0.3, 0.4) is 0 Å². The molecule has 0 radical (unpaired) electrons. The van der Waals surface area contributed by atoms with Crippen LogP contribution in [0.5, 0.6) is 0 Å². The van der Waals surface area contributed by atoms with Crippen LogP contribution in [0.4, 0.5) is 0 Å². The summed E-state index contributed by atoms with van der Waals surface area (Å²) < 4.78 is 11.3. The van der Waals surface area contributed by atoms with E-state index in [1.54, 1.807) is 11.8 Å². The largest absolute Gasteiger partial charge is 0.479 e. The molecule has 2 aliphatic rings. The summed E-state index contributed by atoms with van der Waals surface area (Å²) in [6.07, 6.45) is 3.45. The lowest BCUT2D eigenvalue weighted by atomic mass is 10.1. The first-order valence-electron chi connectivity index (χ1n) is 7.83. The lowest BCUT2D eigenvalue weighted by Gasteiger charge is -2.37. The highest BCUT2D eigenvalue weighted by atomic mass is 16.5. The lowest BCUT2D eigenvalue weighted by molar-refractivity contribution is -0.172. The fourth-order valence-corrected chi connectivity index (χ4v) is 3.06. The first-order chi connectivity index (χ1) is 10.0. The van der Waals surface area contributed by atoms with Gasteiger partial charge in [-0.05, 0) is 26.2 Å². The van der Waals surface area contributed by atoms with Crippen molar-refractivity contribution < 1.29 is 24.2 Å². The quantitative estimate of drug-likeness (QED) is 0.831. The molecule has 2 fully saturated rings. The number of ether oxygens (including phenoxy) is 2. The third-order valence-electron chi connectivity index (χ3n) is 4.15. The Morgan fingerprint density at radius 3 is 2.57 bits per heavy atom. The van der Waals surface area contributed by atoms with Crippen molar-refractivity contribution >= 4 is 11.9 Å². The number of morpholine rings is 1. The normalized spacial score (nSPS) is 28.6. The first-order valence-corrected chi connectivity index (χ1v) is 7.83. The van der Waals surface area contributed by atoms with Gasteiger partial charge in [0.15, 0.2) is 6.10 Å². The van der Waals surface area contributed by atoms with Crippen LogP contribution in [0.2, 0.25) is 0 Å². The van der Waals surface area contributed by atoms with E-state index in [-0.39, 0.29) is 24.7 Å². The first kappa shape index (κ1) is 16.2. The topological polar surface area (TPSA) is 76.1 Å². The van der Waals surface area contributed by atoms with Crippen molar-refractivity contribution in [2.75, 3.05) is 13.1 Å². The molecule has 6 heteroatoms. The summed E-state index contributed by atoms with van der Waals surface area (Å²) >= 11 is 0. The van der Waals surface area contributed by atoms with E-state index in [1.165, 1.54) is 0 Å². The fourth-order valence-electron chi connectivity index (χ4n) is 3.06. The van der Waals surface area contributed by atoms with E-state index < -0.39 is 18.2 Å². The summed E-state index contributed by atoms with van der Waals surface area (Å²) in [6.45, 7) is 4.24. The van der Waals surface area contributed by atoms with Gasteiger partial charge in [-0.15, -0.1) is 0 Å². The van der Waals surface area contributed by atoms with Gasteiger partial charge in [-0.2, -0.15) is 0 Å². The molecule has 0 aromatic carbocycles. The second kappa shape index (κ2) is 7.22. The van der Waals surface area contributed by atoms with Crippen LogP contribution in [-0.4, -0.2) is 59.4 Å². The van der Waals surface area contributed by atoms with Gasteiger partial charge in [0.25, 0.3) is 5.91 Å². The number of hydrogen-bond acceptors (Lipinski definition) is 4. The molecule has 0 aromatic heterocycles. The summed E-state index contributed by atoms with van der Waals surface area (Å²) in [5.41, 5.74) is 0. The van der Waals surface area contributed by atoms with Gasteiger partial charge in [0, 0.05) is 6.54 Å². The van der Waals surface area contributed by atoms with Crippen molar-refractivity contribution in [3.05, 3.63) is 0 Å². The minimum Gasteiger partial charge on any atom is -0.479 e. The standard InChI is InChI=1S/C15H25NO5/c1-3-12(21-11-6-4-5-7-11)14(17)16-8-10(2)20-13(9-16)15(18)19/h10-13H,3-9H2,1-2H3,(H,18,19)/t10-,12?,13?/m1/s1. The molecule has 3 atom stereocenters. The molecule has 1 aliphatic heterocycles. The van der Waals surface area contributed by atoms with E-state index in [0.29, 0.717) is 13.0 Å². The Morgan fingerprint density at radius 1 is 1.33 bits per heavy atom. The molecule has 0 spiro atoms. The summed E-state index contributed by atoms with van der Waals surface area (Å²) in [5, 5.41) is 9.09. The zero-order chi connectivity index (χ0) is 15.4. The van der Waals surface area contributed by atoms with Gasteiger partial charge in [0.05, 0.1) is 18.8 Å². The summed E-state index contributed by atoms with van der Waals surface area (Å²) in [4.78, 5) is 25.3. The predicted molar refractivity (Wildman–Crippen MR) is 76.0 cm³/mol. The fraction of sp³-hybridized carbons (Fsp3) is 0.867. The average molecular weight is 299 g/mol. The molecule has 0 aromatic rings. The lowest BCUT2D eigenvalue weighted by Crippen LogP contribution is -2.54. The van der Waals surface area contributed by atoms with E-state index in [4.69, 9.17) is 14.6 Å². The van der Waals surface area contributed by atoms with E-state index >= 15 is 0 Å². The summed E-state index contributed by atoms with van der Waals surface area (Å²) in [7, 11) is 0. The third-order valence-corrected chi connectivity index (χ3v) is 4.15. The van der Waals surface area contributed by atoms with Gasteiger partial charge in [0.1, 0.15) is 6.10 Å². The smallest absolute Gasteiger partial charge is 0.334 e. The van der Waals surface area contributed by atoms with Crippen molar-refractivity contribution in [1.82, 2.24) is 4.90 Å². The molecular formula is C15H25NO5. The number of aliphatic carboxylic acids is 1. The second-order valence-corrected chi connectivity index (χ2v) is 5.96. The monoisotopic (exact) mass is 299 g/mol. The highest BCUT2D eigenvalue weighted by Gasteiger charge is 2.36. The molecule has 1 saturated carbocycles. The van der Waals surface area contributed by atoms with Crippen molar-refractivity contribution in [1.29, 1.82) is 0 Å². The molecule has 21 heavy (non-hydrogen) atoms. The van der Waals surface area contributed by atoms with Crippen molar-refractivity contribution in [2.45, 2.75) is 70.4 Å². The van der Waals surface area contributed by atoms with Gasteiger partial charge >= 0.3 is 5.97 Å². The van der Waals surface area contributed by atoms with E-state index in [2.05, 4.69) is 0 Å². The molecule has 0 bridgehead atoms. The number of nitrogens with zero attached hydrogens (tertiary/aromatic N) is 1. The number of carbonyl (C=O) groups excluding carboxylic acids is 1. The maximum absolute atomic E-state index is 12.6. The third kappa shape index (κ3) is 4.17. The van der Waals surface area contributed by atoms with Crippen molar-refractivity contribution in [3.63, 3.8) is 0 Å². The molecule has 2 unspecified atom stereocenters. The molecule has 2 rings (SSSR count). The van der Waals surface area contributed by atoms with E-state index in [0.717, 1.165) is 25.7 Å². The minimum atomic E-state index is -1.02. The molecule has 1 N–H and O–H groups in total. The van der Waals surface area contributed by atoms with E-state index in [9.17, 15) is 9.59 Å². The zero-order valence-corrected chi connectivity index (χ0v) is 12.8. The molecule has 6 nitrogen and oxygen atoms in total. The van der Waals surface area contributed by atoms with E-state index in [1.807, 2.05) is 6.92 Å². The summed E-state index contributed by atoms with van der Waals surface area (Å²) in [6, 6.07) is 0. The Morgan fingerprint density at radius 2 is 2.00 bits per heavy atom. The van der Waals surface area contributed by atoms with Gasteiger partial charge < -0.3 is 19.5 Å². The molecule has 1 amide bonds. The van der Waals surface area contributed by atoms with Crippen LogP contribution < -0.4 is 0 Å². The number of carboxylic acids is 1. The van der Waals surface area contributed by atoms with Gasteiger partial charge in [-0.25, -0.2) is 4.79 Å². The molecule has 1 saturated heterocycles. The van der Waals surface area contributed by atoms with Crippen molar-refractivity contribution in [3.8, 4) is 0 Å². The number of rotatable bonds is 5. The number of carbonyl (C=O) groups is 2. The second-order valence-electron chi connectivity index (χ2n) is 5.96. The maximum Gasteiger partial charge on any atom is 0.334 e. The van der Waals surface area contributed by atoms with Gasteiger partial charge in [0.2, 0.25) is 0 Å². The molecule has 120 valence electrons. The summed E-state index contributed by atoms with van der Waals surface area (Å²) in [5.74, 6) is -1.13. The van der Waals surface area contributed by atoms with Crippen LogP contribution in [0.25, 0.3) is 0 Å².